The van der Waals surface area contributed by atoms with Gasteiger partial charge >= 0.3 is 12.1 Å². The van der Waals surface area contributed by atoms with Gasteiger partial charge in [0.15, 0.2) is 0 Å². The van der Waals surface area contributed by atoms with E-state index in [1.165, 1.54) is 6.92 Å². The molecule has 0 bridgehead atoms. The second kappa shape index (κ2) is 5.31. The Morgan fingerprint density at radius 3 is 2.20 bits per heavy atom. The zero-order chi connectivity index (χ0) is 15.6. The maximum absolute atomic E-state index is 12.0. The number of carbonyl (C=O) groups excluding carboxylic acids is 2. The van der Waals surface area contributed by atoms with Crippen molar-refractivity contribution in [2.75, 3.05) is 6.61 Å². The van der Waals surface area contributed by atoms with Gasteiger partial charge in [0, 0.05) is 0 Å². The molecule has 1 amide bonds. The summed E-state index contributed by atoms with van der Waals surface area (Å²) in [5.74, 6) is -0.444. The highest BCUT2D eigenvalue weighted by molar-refractivity contribution is 5.84. The molecular formula is C14H22N2O4. The van der Waals surface area contributed by atoms with Gasteiger partial charge in [-0.05, 0) is 47.5 Å². The first-order valence-electron chi connectivity index (χ1n) is 6.70. The van der Waals surface area contributed by atoms with Crippen LogP contribution in [0.3, 0.4) is 0 Å². The van der Waals surface area contributed by atoms with Gasteiger partial charge in [0.05, 0.1) is 12.7 Å². The average molecular weight is 282 g/mol. The monoisotopic (exact) mass is 282 g/mol. The van der Waals surface area contributed by atoms with Crippen LogP contribution in [0.15, 0.2) is 0 Å². The fourth-order valence-corrected chi connectivity index (χ4v) is 2.06. The minimum absolute atomic E-state index is 0.245. The quantitative estimate of drug-likeness (QED) is 0.798. The van der Waals surface area contributed by atoms with Gasteiger partial charge in [-0.3, -0.25) is 4.79 Å². The van der Waals surface area contributed by atoms with Gasteiger partial charge in [-0.15, -0.1) is 0 Å². The largest absolute Gasteiger partial charge is 0.465 e. The molecular weight excluding hydrogens is 260 g/mol. The molecule has 1 aliphatic rings. The predicted octanol–water partition coefficient (Wildman–Crippen LogP) is 2.14. The Labute approximate surface area is 119 Å². The summed E-state index contributed by atoms with van der Waals surface area (Å²) in [6, 6.07) is 2.02. The third-order valence-corrected chi connectivity index (χ3v) is 3.35. The molecule has 1 fully saturated rings. The maximum atomic E-state index is 12.0. The van der Waals surface area contributed by atoms with E-state index in [4.69, 9.17) is 9.47 Å². The first-order chi connectivity index (χ1) is 9.10. The van der Waals surface area contributed by atoms with Crippen LogP contribution in [-0.2, 0) is 14.3 Å². The van der Waals surface area contributed by atoms with Crippen molar-refractivity contribution in [1.29, 1.82) is 5.26 Å². The van der Waals surface area contributed by atoms with Crippen molar-refractivity contribution in [2.45, 2.75) is 58.6 Å². The number of hydrogen-bond acceptors (Lipinski definition) is 5. The molecule has 1 aliphatic carbocycles. The van der Waals surface area contributed by atoms with Crippen LogP contribution in [0.25, 0.3) is 0 Å². The zero-order valence-electron chi connectivity index (χ0n) is 12.7. The van der Waals surface area contributed by atoms with Crippen LogP contribution in [0.4, 0.5) is 4.79 Å². The van der Waals surface area contributed by atoms with E-state index in [-0.39, 0.29) is 6.61 Å². The summed E-state index contributed by atoms with van der Waals surface area (Å²) in [6.07, 6.45) is 0.328. The number of esters is 1. The van der Waals surface area contributed by atoms with Gasteiger partial charge in [0.1, 0.15) is 16.6 Å². The van der Waals surface area contributed by atoms with Gasteiger partial charge in [-0.25, -0.2) is 4.79 Å². The lowest BCUT2D eigenvalue weighted by Crippen LogP contribution is -2.55. The van der Waals surface area contributed by atoms with Crippen LogP contribution in [0.2, 0.25) is 0 Å². The Morgan fingerprint density at radius 1 is 1.30 bits per heavy atom. The van der Waals surface area contributed by atoms with Gasteiger partial charge < -0.3 is 14.8 Å². The van der Waals surface area contributed by atoms with Crippen molar-refractivity contribution in [3.63, 3.8) is 0 Å². The molecule has 0 heterocycles. The summed E-state index contributed by atoms with van der Waals surface area (Å²) < 4.78 is 10.2. The number of amides is 1. The third-order valence-electron chi connectivity index (χ3n) is 3.35. The lowest BCUT2D eigenvalue weighted by molar-refractivity contribution is -0.151. The van der Waals surface area contributed by atoms with Crippen LogP contribution < -0.4 is 5.32 Å². The number of nitrogens with zero attached hydrogens (tertiary/aromatic N) is 1. The lowest BCUT2D eigenvalue weighted by Gasteiger charge is -2.32. The molecule has 112 valence electrons. The highest BCUT2D eigenvalue weighted by Gasteiger charge is 2.65. The Morgan fingerprint density at radius 2 is 1.85 bits per heavy atom. The summed E-state index contributed by atoms with van der Waals surface area (Å²) in [7, 11) is 0. The van der Waals surface area contributed by atoms with E-state index in [0.29, 0.717) is 12.8 Å². The molecule has 0 aromatic heterocycles. The second-order valence-electron chi connectivity index (χ2n) is 6.17. The van der Waals surface area contributed by atoms with E-state index in [1.54, 1.807) is 27.7 Å². The number of hydrogen-bond donors (Lipinski definition) is 1. The Balaban J connectivity index is 2.86. The maximum Gasteiger partial charge on any atom is 0.408 e. The summed E-state index contributed by atoms with van der Waals surface area (Å²) in [5.41, 5.74) is -2.96. The molecule has 1 atom stereocenters. The molecule has 0 radical (unpaired) electrons. The molecule has 20 heavy (non-hydrogen) atoms. The lowest BCUT2D eigenvalue weighted by atomic mass is 9.83. The van der Waals surface area contributed by atoms with Gasteiger partial charge in [-0.2, -0.15) is 5.26 Å². The summed E-state index contributed by atoms with van der Waals surface area (Å²) in [4.78, 5) is 23.9. The Kier molecular flexibility index (Phi) is 4.33. The third kappa shape index (κ3) is 3.21. The van der Waals surface area contributed by atoms with E-state index in [1.807, 2.05) is 6.07 Å². The van der Waals surface area contributed by atoms with Crippen LogP contribution in [0.5, 0.6) is 0 Å². The Bertz CT molecular complexity index is 443. The first kappa shape index (κ1) is 16.3. The van der Waals surface area contributed by atoms with Crippen LogP contribution in [-0.4, -0.2) is 29.8 Å². The molecule has 0 aromatic rings. The fraction of sp³-hybridized carbons (Fsp3) is 0.786. The Hall–Kier alpha value is -1.77. The highest BCUT2D eigenvalue weighted by Crippen LogP contribution is 2.54. The van der Waals surface area contributed by atoms with E-state index in [9.17, 15) is 14.9 Å². The topological polar surface area (TPSA) is 88.4 Å². The summed E-state index contributed by atoms with van der Waals surface area (Å²) in [6.45, 7) is 8.67. The van der Waals surface area contributed by atoms with Crippen LogP contribution in [0.1, 0.15) is 47.5 Å². The minimum atomic E-state index is -1.33. The molecule has 1 rings (SSSR count). The zero-order valence-corrected chi connectivity index (χ0v) is 12.7. The molecule has 0 saturated heterocycles. The van der Waals surface area contributed by atoms with Crippen molar-refractivity contribution in [1.82, 2.24) is 5.32 Å². The van der Waals surface area contributed by atoms with Crippen molar-refractivity contribution in [3.05, 3.63) is 0 Å². The molecule has 0 spiro atoms. The second-order valence-corrected chi connectivity index (χ2v) is 6.17. The van der Waals surface area contributed by atoms with Crippen LogP contribution in [0, 0.1) is 16.7 Å². The number of ether oxygens (including phenoxy) is 2. The number of nitriles is 1. The van der Waals surface area contributed by atoms with Gasteiger partial charge in [-0.1, -0.05) is 0 Å². The molecule has 6 nitrogen and oxygen atoms in total. The predicted molar refractivity (Wildman–Crippen MR) is 71.7 cm³/mol. The molecule has 1 N–H and O–H groups in total. The van der Waals surface area contributed by atoms with E-state index in [0.717, 1.165) is 0 Å². The fourth-order valence-electron chi connectivity index (χ4n) is 2.06. The minimum Gasteiger partial charge on any atom is -0.465 e. The van der Waals surface area contributed by atoms with E-state index >= 15 is 0 Å². The summed E-state index contributed by atoms with van der Waals surface area (Å²) in [5, 5.41) is 11.9. The SMILES string of the molecule is CCOC(=O)C1(C(C)(C#N)NC(=O)OC(C)(C)C)CC1. The molecule has 0 aromatic carbocycles. The normalized spacial score (nSPS) is 19.2. The van der Waals surface area contributed by atoms with Gasteiger partial charge in [0.25, 0.3) is 0 Å². The smallest absolute Gasteiger partial charge is 0.408 e. The van der Waals surface area contributed by atoms with Crippen molar-refractivity contribution >= 4 is 12.1 Å². The first-order valence-corrected chi connectivity index (χ1v) is 6.70. The van der Waals surface area contributed by atoms with Crippen molar-refractivity contribution < 1.29 is 19.1 Å². The van der Waals surface area contributed by atoms with Crippen molar-refractivity contribution in [2.24, 2.45) is 5.41 Å². The van der Waals surface area contributed by atoms with Gasteiger partial charge in [0.2, 0.25) is 0 Å². The average Bonchev–Trinajstić information content (AvgIpc) is 3.07. The standard InChI is InChI=1S/C14H22N2O4/c1-6-19-10(17)14(7-8-14)13(5,9-15)16-11(18)20-12(2,3)4/h6-8H2,1-5H3,(H,16,18). The number of carbonyl (C=O) groups is 2. The molecule has 1 unspecified atom stereocenters. The van der Waals surface area contributed by atoms with Crippen molar-refractivity contribution in [3.8, 4) is 6.07 Å². The number of rotatable bonds is 4. The van der Waals surface area contributed by atoms with E-state index in [2.05, 4.69) is 5.32 Å². The molecule has 1 saturated carbocycles. The highest BCUT2D eigenvalue weighted by atomic mass is 16.6. The summed E-state index contributed by atoms with van der Waals surface area (Å²) >= 11 is 0. The number of alkyl carbamates (subject to hydrolysis) is 1. The molecule has 6 heteroatoms. The number of nitrogens with one attached hydrogen (secondary N) is 1. The van der Waals surface area contributed by atoms with E-state index < -0.39 is 28.6 Å². The molecule has 0 aliphatic heterocycles. The van der Waals surface area contributed by atoms with Crippen LogP contribution >= 0.6 is 0 Å².